The molecule has 4 rings (SSSR count). The molecule has 2 aromatic carbocycles. The number of anilines is 1. The van der Waals surface area contributed by atoms with Crippen molar-refractivity contribution in [2.45, 2.75) is 25.0 Å². The van der Waals surface area contributed by atoms with Gasteiger partial charge in [0, 0.05) is 23.1 Å². The summed E-state index contributed by atoms with van der Waals surface area (Å²) in [5.41, 5.74) is 5.03. The Bertz CT molecular complexity index is 1150. The van der Waals surface area contributed by atoms with Gasteiger partial charge in [0.15, 0.2) is 0 Å². The molecule has 0 aliphatic carbocycles. The number of nitrogens with two attached hydrogens (primary N) is 1. The van der Waals surface area contributed by atoms with Crippen LogP contribution in [0.5, 0.6) is 0 Å². The molecule has 0 saturated carbocycles. The molecular weight excluding hydrogens is 394 g/mol. The first-order valence-electron chi connectivity index (χ1n) is 9.06. The summed E-state index contributed by atoms with van der Waals surface area (Å²) < 4.78 is 34.7. The van der Waals surface area contributed by atoms with Crippen molar-refractivity contribution in [1.29, 1.82) is 0 Å². The third kappa shape index (κ3) is 3.64. The smallest absolute Gasteiger partial charge is 0.313 e. The largest absolute Gasteiger partial charge is 0.404 e. The zero-order valence-electron chi connectivity index (χ0n) is 15.9. The Kier molecular flexibility index (Phi) is 5.00. The highest BCUT2D eigenvalue weighted by molar-refractivity contribution is 5.54. The number of halogens is 2. The molecule has 4 aromatic rings. The number of benzene rings is 2. The van der Waals surface area contributed by atoms with Crippen LogP contribution in [0, 0.1) is 11.6 Å². The summed E-state index contributed by atoms with van der Waals surface area (Å²) in [5, 5.41) is 23.1. The van der Waals surface area contributed by atoms with Gasteiger partial charge >= 0.3 is 6.01 Å². The third-order valence-corrected chi connectivity index (χ3v) is 5.08. The fraction of sp³-hybridized carbons (Fsp3) is 0.200. The number of hydrogen-bond acceptors (Lipinski definition) is 7. The summed E-state index contributed by atoms with van der Waals surface area (Å²) in [5.74, 6) is -1.91. The van der Waals surface area contributed by atoms with Crippen LogP contribution in [0.15, 0.2) is 59.5 Å². The number of aromatic nitrogens is 5. The Hall–Kier alpha value is -3.66. The van der Waals surface area contributed by atoms with Gasteiger partial charge in [0.2, 0.25) is 5.89 Å². The lowest BCUT2D eigenvalue weighted by atomic mass is 9.78. The van der Waals surface area contributed by atoms with Gasteiger partial charge in [-0.15, -0.1) is 5.10 Å². The molecule has 0 aliphatic rings. The lowest BCUT2D eigenvalue weighted by Gasteiger charge is -2.35. The molecule has 3 N–H and O–H groups in total. The highest BCUT2D eigenvalue weighted by atomic mass is 19.1. The van der Waals surface area contributed by atoms with Gasteiger partial charge < -0.3 is 15.3 Å². The summed E-state index contributed by atoms with van der Waals surface area (Å²) in [4.78, 5) is 3.87. The van der Waals surface area contributed by atoms with E-state index in [2.05, 4.69) is 20.3 Å². The van der Waals surface area contributed by atoms with Crippen LogP contribution in [-0.4, -0.2) is 30.1 Å². The molecule has 0 radical (unpaired) electrons. The number of nitrogens with zero attached hydrogens (tertiary/aromatic N) is 5. The van der Waals surface area contributed by atoms with Crippen molar-refractivity contribution in [2.24, 2.45) is 0 Å². The van der Waals surface area contributed by atoms with E-state index < -0.39 is 23.2 Å². The van der Waals surface area contributed by atoms with E-state index in [0.717, 1.165) is 12.1 Å². The standard InChI is InChI=1S/C20H18F2N6O2/c1-12(13-2-4-14(5-3-13)18-26-27-19(23)30-18)20(29,9-28-11-24-10-25-28)16-7-6-15(21)8-17(16)22/h2-8,10-12,29H,9H2,1H3,(H2,23,27). The normalized spacial score (nSPS) is 14.4. The molecule has 0 saturated heterocycles. The van der Waals surface area contributed by atoms with Crippen molar-refractivity contribution >= 4 is 6.01 Å². The Morgan fingerprint density at radius 2 is 1.93 bits per heavy atom. The van der Waals surface area contributed by atoms with Crippen molar-refractivity contribution < 1.29 is 18.3 Å². The summed E-state index contributed by atoms with van der Waals surface area (Å²) in [6, 6.07) is 10.0. The molecule has 2 aromatic heterocycles. The molecule has 0 amide bonds. The van der Waals surface area contributed by atoms with Gasteiger partial charge in [-0.25, -0.2) is 18.4 Å². The molecule has 2 unspecified atom stereocenters. The predicted molar refractivity (Wildman–Crippen MR) is 103 cm³/mol. The lowest BCUT2D eigenvalue weighted by Crippen LogP contribution is -2.38. The third-order valence-electron chi connectivity index (χ3n) is 5.08. The molecule has 2 atom stereocenters. The Morgan fingerprint density at radius 3 is 2.53 bits per heavy atom. The van der Waals surface area contributed by atoms with E-state index in [1.807, 2.05) is 0 Å². The van der Waals surface area contributed by atoms with Crippen LogP contribution in [-0.2, 0) is 12.1 Å². The molecule has 30 heavy (non-hydrogen) atoms. The van der Waals surface area contributed by atoms with Gasteiger partial charge in [-0.05, 0) is 23.8 Å². The van der Waals surface area contributed by atoms with E-state index in [1.54, 1.807) is 31.2 Å². The van der Waals surface area contributed by atoms with E-state index >= 15 is 0 Å². The number of aliphatic hydroxyl groups is 1. The monoisotopic (exact) mass is 412 g/mol. The van der Waals surface area contributed by atoms with Gasteiger partial charge in [-0.3, -0.25) is 0 Å². The summed E-state index contributed by atoms with van der Waals surface area (Å²) in [6.07, 6.45) is 2.74. The first-order chi connectivity index (χ1) is 14.4. The maximum Gasteiger partial charge on any atom is 0.313 e. The van der Waals surface area contributed by atoms with E-state index in [1.165, 1.54) is 23.4 Å². The maximum absolute atomic E-state index is 14.7. The highest BCUT2D eigenvalue weighted by Crippen LogP contribution is 2.40. The van der Waals surface area contributed by atoms with Crippen LogP contribution in [0.3, 0.4) is 0 Å². The molecule has 0 fully saturated rings. The minimum atomic E-state index is -1.73. The molecular formula is C20H18F2N6O2. The second-order valence-electron chi connectivity index (χ2n) is 6.93. The van der Waals surface area contributed by atoms with E-state index in [9.17, 15) is 13.9 Å². The van der Waals surface area contributed by atoms with Gasteiger partial charge in [-0.2, -0.15) is 5.10 Å². The number of nitrogen functional groups attached to an aromatic ring is 1. The van der Waals surface area contributed by atoms with Gasteiger partial charge in [0.1, 0.15) is 29.9 Å². The molecule has 0 bridgehead atoms. The van der Waals surface area contributed by atoms with Crippen LogP contribution < -0.4 is 5.73 Å². The molecule has 0 spiro atoms. The van der Waals surface area contributed by atoms with Crippen molar-refractivity contribution in [2.75, 3.05) is 5.73 Å². The summed E-state index contributed by atoms with van der Waals surface area (Å²) in [7, 11) is 0. The first-order valence-corrected chi connectivity index (χ1v) is 9.06. The van der Waals surface area contributed by atoms with E-state index in [4.69, 9.17) is 10.2 Å². The van der Waals surface area contributed by atoms with Crippen molar-refractivity contribution in [3.05, 3.63) is 77.9 Å². The van der Waals surface area contributed by atoms with E-state index in [0.29, 0.717) is 11.1 Å². The lowest BCUT2D eigenvalue weighted by molar-refractivity contribution is -0.0112. The minimum Gasteiger partial charge on any atom is -0.404 e. The molecule has 8 nitrogen and oxygen atoms in total. The maximum atomic E-state index is 14.7. The Balaban J connectivity index is 1.72. The average Bonchev–Trinajstić information content (AvgIpc) is 3.39. The molecule has 2 heterocycles. The molecule has 10 heteroatoms. The van der Waals surface area contributed by atoms with Crippen molar-refractivity contribution in [3.63, 3.8) is 0 Å². The Labute approximate surface area is 170 Å². The number of rotatable bonds is 6. The summed E-state index contributed by atoms with van der Waals surface area (Å²) >= 11 is 0. The second kappa shape index (κ2) is 7.64. The summed E-state index contributed by atoms with van der Waals surface area (Å²) in [6.45, 7) is 1.66. The fourth-order valence-electron chi connectivity index (χ4n) is 3.40. The van der Waals surface area contributed by atoms with E-state index in [-0.39, 0.29) is 24.0 Å². The topological polar surface area (TPSA) is 116 Å². The number of hydrogen-bond donors (Lipinski definition) is 2. The Morgan fingerprint density at radius 1 is 1.17 bits per heavy atom. The average molecular weight is 412 g/mol. The van der Waals surface area contributed by atoms with Crippen LogP contribution in [0.4, 0.5) is 14.8 Å². The van der Waals surface area contributed by atoms with Crippen LogP contribution in [0.2, 0.25) is 0 Å². The van der Waals surface area contributed by atoms with Crippen LogP contribution in [0.25, 0.3) is 11.5 Å². The zero-order valence-corrected chi connectivity index (χ0v) is 15.9. The second-order valence-corrected chi connectivity index (χ2v) is 6.93. The zero-order chi connectivity index (χ0) is 21.3. The quantitative estimate of drug-likeness (QED) is 0.500. The van der Waals surface area contributed by atoms with Crippen LogP contribution in [0.1, 0.15) is 24.0 Å². The minimum absolute atomic E-state index is 0.0411. The fourth-order valence-corrected chi connectivity index (χ4v) is 3.40. The SMILES string of the molecule is CC(c1ccc(-c2nnc(N)o2)cc1)C(O)(Cn1cncn1)c1ccc(F)cc1F. The van der Waals surface area contributed by atoms with Crippen LogP contribution >= 0.6 is 0 Å². The molecule has 0 aliphatic heterocycles. The highest BCUT2D eigenvalue weighted by Gasteiger charge is 2.40. The van der Waals surface area contributed by atoms with Gasteiger partial charge in [-0.1, -0.05) is 30.2 Å². The van der Waals surface area contributed by atoms with Gasteiger partial charge in [0.25, 0.3) is 0 Å². The first kappa shape index (κ1) is 19.6. The molecule has 154 valence electrons. The predicted octanol–water partition coefficient (Wildman–Crippen LogP) is 2.88. The van der Waals surface area contributed by atoms with Crippen molar-refractivity contribution in [1.82, 2.24) is 25.0 Å². The van der Waals surface area contributed by atoms with Gasteiger partial charge in [0.05, 0.1) is 6.54 Å². The van der Waals surface area contributed by atoms with Crippen molar-refractivity contribution in [3.8, 4) is 11.5 Å².